The van der Waals surface area contributed by atoms with Gasteiger partial charge in [-0.3, -0.25) is 19.3 Å². The minimum atomic E-state index is -0.922. The average molecular weight is 457 g/mol. The second-order valence-corrected chi connectivity index (χ2v) is 8.31. The molecule has 1 fully saturated rings. The van der Waals surface area contributed by atoms with E-state index in [0.29, 0.717) is 37.2 Å². The first-order valence-corrected chi connectivity index (χ1v) is 10.3. The third kappa shape index (κ3) is 3.49. The van der Waals surface area contributed by atoms with Crippen molar-refractivity contribution in [1.29, 1.82) is 0 Å². The molecule has 4 rings (SSSR count). The van der Waals surface area contributed by atoms with Gasteiger partial charge in [0, 0.05) is 17.7 Å². The number of nitrogens with one attached hydrogen (secondary N) is 1. The Morgan fingerprint density at radius 2 is 1.69 bits per heavy atom. The van der Waals surface area contributed by atoms with Gasteiger partial charge in [-0.25, -0.2) is 0 Å². The first kappa shape index (κ1) is 19.8. The number of rotatable bonds is 4. The fourth-order valence-electron chi connectivity index (χ4n) is 4.01. The van der Waals surface area contributed by atoms with Crippen LogP contribution in [0.5, 0.6) is 0 Å². The van der Waals surface area contributed by atoms with Crippen molar-refractivity contribution in [3.63, 3.8) is 0 Å². The molecule has 0 saturated carbocycles. The van der Waals surface area contributed by atoms with Crippen molar-refractivity contribution in [2.75, 3.05) is 13.2 Å². The number of nitrogens with zero attached hydrogens (tertiary/aromatic N) is 1. The van der Waals surface area contributed by atoms with E-state index in [2.05, 4.69) is 21.2 Å². The Labute approximate surface area is 177 Å². The van der Waals surface area contributed by atoms with Crippen LogP contribution in [0.15, 0.2) is 53.0 Å². The molecule has 150 valence electrons. The van der Waals surface area contributed by atoms with Crippen molar-refractivity contribution in [2.45, 2.75) is 31.3 Å². The molecule has 29 heavy (non-hydrogen) atoms. The minimum absolute atomic E-state index is 0.338. The van der Waals surface area contributed by atoms with Crippen molar-refractivity contribution in [3.05, 3.63) is 69.7 Å². The predicted molar refractivity (Wildman–Crippen MR) is 110 cm³/mol. The molecule has 0 aliphatic carbocycles. The molecule has 0 spiro atoms. The Bertz CT molecular complexity index is 949. The normalized spacial score (nSPS) is 19.0. The second-order valence-electron chi connectivity index (χ2n) is 7.40. The fourth-order valence-corrected chi connectivity index (χ4v) is 4.41. The van der Waals surface area contributed by atoms with E-state index >= 15 is 0 Å². The number of carbonyl (C=O) groups is 3. The Kier molecular flexibility index (Phi) is 5.27. The molecule has 0 bridgehead atoms. The summed E-state index contributed by atoms with van der Waals surface area (Å²) in [5.74, 6) is -1.23. The monoisotopic (exact) mass is 456 g/mol. The fraction of sp³-hybridized carbons (Fsp3) is 0.318. The number of halogens is 1. The van der Waals surface area contributed by atoms with Crippen LogP contribution in [0.4, 0.5) is 0 Å². The van der Waals surface area contributed by atoms with Crippen LogP contribution in [0.3, 0.4) is 0 Å². The topological polar surface area (TPSA) is 75.7 Å². The van der Waals surface area contributed by atoms with Gasteiger partial charge in [-0.2, -0.15) is 0 Å². The molecule has 1 unspecified atom stereocenters. The molecule has 0 aromatic heterocycles. The number of ether oxygens (including phenoxy) is 1. The van der Waals surface area contributed by atoms with E-state index in [9.17, 15) is 14.4 Å². The zero-order valence-electron chi connectivity index (χ0n) is 16.0. The molecule has 2 heterocycles. The molecule has 7 heteroatoms. The maximum atomic E-state index is 13.2. The lowest BCUT2D eigenvalue weighted by Crippen LogP contribution is -2.56. The zero-order valence-corrected chi connectivity index (χ0v) is 17.6. The van der Waals surface area contributed by atoms with E-state index in [0.717, 1.165) is 14.9 Å². The van der Waals surface area contributed by atoms with Gasteiger partial charge >= 0.3 is 0 Å². The third-order valence-corrected chi connectivity index (χ3v) is 6.17. The lowest BCUT2D eigenvalue weighted by molar-refractivity contribution is -0.128. The molecule has 6 nitrogen and oxygen atoms in total. The van der Waals surface area contributed by atoms with Crippen LogP contribution in [-0.2, 0) is 15.1 Å². The molecule has 2 aromatic rings. The number of hydrogen-bond donors (Lipinski definition) is 1. The lowest BCUT2D eigenvalue weighted by atomic mass is 9.82. The third-order valence-electron chi connectivity index (χ3n) is 5.68. The molecule has 1 saturated heterocycles. The summed E-state index contributed by atoms with van der Waals surface area (Å²) >= 11 is 3.49. The van der Waals surface area contributed by atoms with Crippen LogP contribution in [0.25, 0.3) is 0 Å². The van der Waals surface area contributed by atoms with Crippen molar-refractivity contribution < 1.29 is 19.1 Å². The maximum Gasteiger partial charge on any atom is 0.262 e. The largest absolute Gasteiger partial charge is 0.381 e. The highest BCUT2D eigenvalue weighted by Crippen LogP contribution is 2.34. The van der Waals surface area contributed by atoms with Gasteiger partial charge < -0.3 is 10.1 Å². The summed E-state index contributed by atoms with van der Waals surface area (Å²) in [5, 5.41) is 3.13. The highest BCUT2D eigenvalue weighted by molar-refractivity contribution is 9.10. The van der Waals surface area contributed by atoms with Gasteiger partial charge in [0.05, 0.1) is 16.7 Å². The van der Waals surface area contributed by atoms with Crippen molar-refractivity contribution >= 4 is 33.7 Å². The van der Waals surface area contributed by atoms with Gasteiger partial charge in [-0.05, 0) is 49.6 Å². The average Bonchev–Trinajstić information content (AvgIpc) is 2.99. The molecular formula is C22H21BrN2O4. The molecule has 2 aliphatic heterocycles. The predicted octanol–water partition coefficient (Wildman–Crippen LogP) is 3.26. The highest BCUT2D eigenvalue weighted by atomic mass is 79.9. The quantitative estimate of drug-likeness (QED) is 0.716. The van der Waals surface area contributed by atoms with Gasteiger partial charge in [-0.1, -0.05) is 40.2 Å². The number of fused-ring (bicyclic) bond motifs is 1. The Hall–Kier alpha value is -2.51. The summed E-state index contributed by atoms with van der Waals surface area (Å²) in [5.41, 5.74) is 1.04. The molecule has 1 atom stereocenters. The van der Waals surface area contributed by atoms with E-state index in [4.69, 9.17) is 4.74 Å². The molecular weight excluding hydrogens is 436 g/mol. The van der Waals surface area contributed by atoms with Crippen molar-refractivity contribution in [3.8, 4) is 0 Å². The van der Waals surface area contributed by atoms with E-state index in [1.165, 1.54) is 0 Å². The number of amides is 3. The van der Waals surface area contributed by atoms with Crippen LogP contribution in [0.2, 0.25) is 0 Å². The summed E-state index contributed by atoms with van der Waals surface area (Å²) in [6.45, 7) is 2.63. The Morgan fingerprint density at radius 3 is 2.28 bits per heavy atom. The number of imide groups is 1. The maximum absolute atomic E-state index is 13.2. The van der Waals surface area contributed by atoms with Gasteiger partial charge in [0.25, 0.3) is 11.8 Å². The smallest absolute Gasteiger partial charge is 0.262 e. The summed E-state index contributed by atoms with van der Waals surface area (Å²) in [7, 11) is 0. The van der Waals surface area contributed by atoms with Gasteiger partial charge in [0.15, 0.2) is 0 Å². The number of benzene rings is 2. The SMILES string of the molecule is CC(C(=O)NC1(c2cccc(Br)c2)CCOCC1)N1C(=O)c2ccccc2C1=O. The first-order chi connectivity index (χ1) is 13.9. The van der Waals surface area contributed by atoms with E-state index in [-0.39, 0.29) is 5.91 Å². The summed E-state index contributed by atoms with van der Waals surface area (Å²) in [6.07, 6.45) is 1.23. The summed E-state index contributed by atoms with van der Waals surface area (Å²) < 4.78 is 6.43. The minimum Gasteiger partial charge on any atom is -0.381 e. The zero-order chi connectivity index (χ0) is 20.6. The Morgan fingerprint density at radius 1 is 1.07 bits per heavy atom. The second kappa shape index (κ2) is 7.72. The van der Waals surface area contributed by atoms with Crippen molar-refractivity contribution in [2.24, 2.45) is 0 Å². The molecule has 0 radical (unpaired) electrons. The van der Waals surface area contributed by atoms with Crippen molar-refractivity contribution in [1.82, 2.24) is 10.2 Å². The van der Waals surface area contributed by atoms with E-state index < -0.39 is 23.4 Å². The first-order valence-electron chi connectivity index (χ1n) is 9.56. The van der Waals surface area contributed by atoms with Gasteiger partial charge in [0.2, 0.25) is 5.91 Å². The van der Waals surface area contributed by atoms with Crippen LogP contribution >= 0.6 is 15.9 Å². The number of carbonyl (C=O) groups excluding carboxylic acids is 3. The molecule has 1 N–H and O–H groups in total. The lowest BCUT2D eigenvalue weighted by Gasteiger charge is -2.40. The summed E-state index contributed by atoms with van der Waals surface area (Å²) in [4.78, 5) is 39.7. The summed E-state index contributed by atoms with van der Waals surface area (Å²) in [6, 6.07) is 13.5. The van der Waals surface area contributed by atoms with Crippen LogP contribution < -0.4 is 5.32 Å². The standard InChI is InChI=1S/C22H21BrN2O4/c1-14(25-20(27)17-7-2-3-8-18(17)21(25)28)19(26)24-22(9-11-29-12-10-22)15-5-4-6-16(23)13-15/h2-8,13-14H,9-12H2,1H3,(H,24,26). The van der Waals surface area contributed by atoms with Crippen LogP contribution in [-0.4, -0.2) is 41.9 Å². The van der Waals surface area contributed by atoms with E-state index in [1.807, 2.05) is 24.3 Å². The molecule has 2 aromatic carbocycles. The Balaban J connectivity index is 1.60. The highest BCUT2D eigenvalue weighted by Gasteiger charge is 2.43. The number of hydrogen-bond acceptors (Lipinski definition) is 4. The molecule has 3 amide bonds. The molecule has 2 aliphatic rings. The van der Waals surface area contributed by atoms with Crippen LogP contribution in [0, 0.1) is 0 Å². The van der Waals surface area contributed by atoms with Gasteiger partial charge in [0.1, 0.15) is 6.04 Å². The van der Waals surface area contributed by atoms with Crippen LogP contribution in [0.1, 0.15) is 46.0 Å². The van der Waals surface area contributed by atoms with E-state index in [1.54, 1.807) is 31.2 Å². The van der Waals surface area contributed by atoms with Gasteiger partial charge in [-0.15, -0.1) is 0 Å².